The standard InChI is InChI=1S/C23H26FN5O2/c1-3-25-23(31)28-14-12-27(13-15-28)16(2)21-26-20-7-5-4-6-19(20)22(30)29(21)18-10-8-17(24)9-11-18/h4-11,16H,3,12-15H2,1-2H3,(H,25,31). The highest BCUT2D eigenvalue weighted by Crippen LogP contribution is 2.24. The normalized spacial score (nSPS) is 15.8. The summed E-state index contributed by atoms with van der Waals surface area (Å²) in [7, 11) is 0. The molecule has 3 aromatic rings. The molecule has 2 heterocycles. The number of para-hydroxylation sites is 1. The number of benzene rings is 2. The Morgan fingerprint density at radius 1 is 1.10 bits per heavy atom. The van der Waals surface area contributed by atoms with Crippen LogP contribution in [-0.2, 0) is 0 Å². The molecule has 1 N–H and O–H groups in total. The van der Waals surface area contributed by atoms with Gasteiger partial charge < -0.3 is 10.2 Å². The zero-order valence-electron chi connectivity index (χ0n) is 17.7. The van der Waals surface area contributed by atoms with Gasteiger partial charge in [0.15, 0.2) is 0 Å². The lowest BCUT2D eigenvalue weighted by Crippen LogP contribution is -2.52. The van der Waals surface area contributed by atoms with Crippen molar-refractivity contribution in [1.82, 2.24) is 24.7 Å². The minimum Gasteiger partial charge on any atom is -0.338 e. The van der Waals surface area contributed by atoms with E-state index < -0.39 is 0 Å². The monoisotopic (exact) mass is 423 g/mol. The van der Waals surface area contributed by atoms with E-state index in [1.807, 2.05) is 32.0 Å². The fourth-order valence-corrected chi connectivity index (χ4v) is 4.01. The largest absolute Gasteiger partial charge is 0.338 e. The number of nitrogens with one attached hydrogen (secondary N) is 1. The number of amides is 2. The highest BCUT2D eigenvalue weighted by molar-refractivity contribution is 5.78. The maximum absolute atomic E-state index is 13.5. The minimum absolute atomic E-state index is 0.0538. The van der Waals surface area contributed by atoms with Crippen LogP contribution in [0.3, 0.4) is 0 Å². The Hall–Kier alpha value is -3.26. The maximum Gasteiger partial charge on any atom is 0.317 e. The summed E-state index contributed by atoms with van der Waals surface area (Å²) in [6, 6.07) is 12.9. The Kier molecular flexibility index (Phi) is 5.99. The van der Waals surface area contributed by atoms with Crippen molar-refractivity contribution in [2.24, 2.45) is 0 Å². The number of piperazine rings is 1. The van der Waals surface area contributed by atoms with Crippen molar-refractivity contribution in [1.29, 1.82) is 0 Å². The molecular weight excluding hydrogens is 397 g/mol. The maximum atomic E-state index is 13.5. The van der Waals surface area contributed by atoms with Gasteiger partial charge in [-0.15, -0.1) is 0 Å². The smallest absolute Gasteiger partial charge is 0.317 e. The van der Waals surface area contributed by atoms with E-state index in [4.69, 9.17) is 4.98 Å². The van der Waals surface area contributed by atoms with Gasteiger partial charge in [0, 0.05) is 32.7 Å². The predicted octanol–water partition coefficient (Wildman–Crippen LogP) is 2.93. The summed E-state index contributed by atoms with van der Waals surface area (Å²) >= 11 is 0. The van der Waals surface area contributed by atoms with Crippen LogP contribution in [0.1, 0.15) is 25.7 Å². The number of nitrogens with zero attached hydrogens (tertiary/aromatic N) is 4. The van der Waals surface area contributed by atoms with Gasteiger partial charge in [-0.3, -0.25) is 14.3 Å². The van der Waals surface area contributed by atoms with E-state index in [2.05, 4.69) is 10.2 Å². The predicted molar refractivity (Wildman–Crippen MR) is 118 cm³/mol. The summed E-state index contributed by atoms with van der Waals surface area (Å²) in [4.78, 5) is 34.3. The molecule has 0 saturated carbocycles. The van der Waals surface area contributed by atoms with Gasteiger partial charge in [0.1, 0.15) is 11.6 Å². The zero-order valence-corrected chi connectivity index (χ0v) is 17.7. The summed E-state index contributed by atoms with van der Waals surface area (Å²) in [5, 5.41) is 3.35. The Morgan fingerprint density at radius 2 is 1.77 bits per heavy atom. The molecule has 0 radical (unpaired) electrons. The molecule has 1 aliphatic rings. The van der Waals surface area contributed by atoms with Crippen molar-refractivity contribution < 1.29 is 9.18 Å². The van der Waals surface area contributed by atoms with E-state index in [1.54, 1.807) is 27.7 Å². The molecular formula is C23H26FN5O2. The third kappa shape index (κ3) is 4.16. The third-order valence-corrected chi connectivity index (χ3v) is 5.74. The first-order chi connectivity index (χ1) is 15.0. The van der Waals surface area contributed by atoms with Gasteiger partial charge in [0.25, 0.3) is 5.56 Å². The molecule has 31 heavy (non-hydrogen) atoms. The number of rotatable bonds is 4. The molecule has 162 valence electrons. The van der Waals surface area contributed by atoms with Crippen molar-refractivity contribution in [3.05, 3.63) is 70.5 Å². The van der Waals surface area contributed by atoms with Gasteiger partial charge in [-0.2, -0.15) is 0 Å². The molecule has 1 fully saturated rings. The van der Waals surface area contributed by atoms with E-state index in [-0.39, 0.29) is 23.4 Å². The van der Waals surface area contributed by atoms with E-state index in [0.717, 1.165) is 0 Å². The summed E-state index contributed by atoms with van der Waals surface area (Å²) < 4.78 is 15.1. The molecule has 4 rings (SSSR count). The van der Waals surface area contributed by atoms with E-state index in [1.165, 1.54) is 12.1 Å². The van der Waals surface area contributed by atoms with Crippen LogP contribution in [0.15, 0.2) is 53.3 Å². The number of urea groups is 1. The molecule has 0 spiro atoms. The second-order valence-electron chi connectivity index (χ2n) is 7.64. The molecule has 1 unspecified atom stereocenters. The molecule has 1 aliphatic heterocycles. The van der Waals surface area contributed by atoms with Gasteiger partial charge in [0.2, 0.25) is 0 Å². The average Bonchev–Trinajstić information content (AvgIpc) is 2.79. The van der Waals surface area contributed by atoms with E-state index in [9.17, 15) is 14.0 Å². The lowest BCUT2D eigenvalue weighted by Gasteiger charge is -2.38. The molecule has 1 atom stereocenters. The number of hydrogen-bond donors (Lipinski definition) is 1. The van der Waals surface area contributed by atoms with Crippen molar-refractivity contribution in [3.63, 3.8) is 0 Å². The van der Waals surface area contributed by atoms with Crippen LogP contribution >= 0.6 is 0 Å². The molecule has 1 aromatic heterocycles. The fraction of sp³-hybridized carbons (Fsp3) is 0.348. The first kappa shape index (κ1) is 21.0. The number of carbonyl (C=O) groups is 1. The van der Waals surface area contributed by atoms with Gasteiger partial charge in [-0.1, -0.05) is 12.1 Å². The Balaban J connectivity index is 1.71. The van der Waals surface area contributed by atoms with Crippen LogP contribution in [0.5, 0.6) is 0 Å². The minimum atomic E-state index is -0.360. The van der Waals surface area contributed by atoms with E-state index >= 15 is 0 Å². The number of halogens is 1. The number of carbonyl (C=O) groups excluding carboxylic acids is 1. The summed E-state index contributed by atoms with van der Waals surface area (Å²) in [5.74, 6) is 0.239. The van der Waals surface area contributed by atoms with Gasteiger partial charge >= 0.3 is 6.03 Å². The van der Waals surface area contributed by atoms with Gasteiger partial charge in [-0.05, 0) is 50.2 Å². The first-order valence-electron chi connectivity index (χ1n) is 10.5. The number of fused-ring (bicyclic) bond motifs is 1. The molecule has 2 amide bonds. The lowest BCUT2D eigenvalue weighted by atomic mass is 10.1. The molecule has 0 bridgehead atoms. The number of hydrogen-bond acceptors (Lipinski definition) is 4. The summed E-state index contributed by atoms with van der Waals surface area (Å²) in [5.41, 5.74) is 1.03. The SMILES string of the molecule is CCNC(=O)N1CCN(C(C)c2nc3ccccc3c(=O)n2-c2ccc(F)cc2)CC1. The topological polar surface area (TPSA) is 70.5 Å². The summed E-state index contributed by atoms with van der Waals surface area (Å²) in [6.07, 6.45) is 0. The van der Waals surface area contributed by atoms with Crippen LogP contribution in [-0.4, -0.2) is 58.1 Å². The van der Waals surface area contributed by atoms with E-state index in [0.29, 0.717) is 55.1 Å². The quantitative estimate of drug-likeness (QED) is 0.701. The Bertz CT molecular complexity index is 1140. The molecule has 7 nitrogen and oxygen atoms in total. The van der Waals surface area contributed by atoms with Crippen LogP contribution in [0.2, 0.25) is 0 Å². The second kappa shape index (κ2) is 8.85. The average molecular weight is 423 g/mol. The second-order valence-corrected chi connectivity index (χ2v) is 7.64. The van der Waals surface area contributed by atoms with Crippen LogP contribution in [0, 0.1) is 5.82 Å². The summed E-state index contributed by atoms with van der Waals surface area (Å²) in [6.45, 7) is 7.05. The molecule has 0 aliphatic carbocycles. The van der Waals surface area contributed by atoms with Crippen molar-refractivity contribution >= 4 is 16.9 Å². The first-order valence-corrected chi connectivity index (χ1v) is 10.5. The van der Waals surface area contributed by atoms with Crippen LogP contribution < -0.4 is 10.9 Å². The molecule has 1 saturated heterocycles. The lowest BCUT2D eigenvalue weighted by molar-refractivity contribution is 0.110. The van der Waals surface area contributed by atoms with Crippen molar-refractivity contribution in [2.45, 2.75) is 19.9 Å². The Labute approximate surface area is 180 Å². The molecule has 8 heteroatoms. The van der Waals surface area contributed by atoms with Gasteiger partial charge in [0.05, 0.1) is 22.6 Å². The highest BCUT2D eigenvalue weighted by atomic mass is 19.1. The third-order valence-electron chi connectivity index (χ3n) is 5.74. The van der Waals surface area contributed by atoms with Crippen molar-refractivity contribution in [3.8, 4) is 5.69 Å². The van der Waals surface area contributed by atoms with Gasteiger partial charge in [-0.25, -0.2) is 14.2 Å². The fourth-order valence-electron chi connectivity index (χ4n) is 4.01. The number of aromatic nitrogens is 2. The van der Waals surface area contributed by atoms with Crippen molar-refractivity contribution in [2.75, 3.05) is 32.7 Å². The zero-order chi connectivity index (χ0) is 22.0. The molecule has 2 aromatic carbocycles. The highest BCUT2D eigenvalue weighted by Gasteiger charge is 2.28. The Morgan fingerprint density at radius 3 is 2.45 bits per heavy atom. The van der Waals surface area contributed by atoms with Crippen LogP contribution in [0.25, 0.3) is 16.6 Å². The van der Waals surface area contributed by atoms with Crippen LogP contribution in [0.4, 0.5) is 9.18 Å².